The molecule has 2 rings (SSSR count). The summed E-state index contributed by atoms with van der Waals surface area (Å²) in [5.41, 5.74) is 2.51. The molecule has 68 valence electrons. The monoisotopic (exact) mass is 176 g/mol. The summed E-state index contributed by atoms with van der Waals surface area (Å²) in [5.74, 6) is 0.672. The van der Waals surface area contributed by atoms with Crippen LogP contribution in [0.15, 0.2) is 24.4 Å². The van der Waals surface area contributed by atoms with Crippen LogP contribution in [0.1, 0.15) is 5.56 Å². The van der Waals surface area contributed by atoms with Crippen molar-refractivity contribution in [3.63, 3.8) is 0 Å². The van der Waals surface area contributed by atoms with E-state index in [1.165, 1.54) is 11.1 Å². The molecule has 0 saturated heterocycles. The van der Waals surface area contributed by atoms with Crippen LogP contribution in [0.4, 0.5) is 0 Å². The summed E-state index contributed by atoms with van der Waals surface area (Å²) in [4.78, 5) is 4.06. The molecule has 1 N–H and O–H groups in total. The summed E-state index contributed by atoms with van der Waals surface area (Å²) in [6.07, 6.45) is 3.96. The van der Waals surface area contributed by atoms with Crippen LogP contribution < -0.4 is 10.1 Å². The van der Waals surface area contributed by atoms with E-state index in [-0.39, 0.29) is 0 Å². The van der Waals surface area contributed by atoms with Crippen LogP contribution >= 0.6 is 0 Å². The Morgan fingerprint density at radius 1 is 1.54 bits per heavy atom. The number of rotatable bonds is 2. The maximum Gasteiger partial charge on any atom is 0.213 e. The minimum absolute atomic E-state index is 0.672. The van der Waals surface area contributed by atoms with Crippen LogP contribution in [-0.2, 0) is 0 Å². The third-order valence-electron chi connectivity index (χ3n) is 2.12. The molecular formula is C10H12N2O. The van der Waals surface area contributed by atoms with Crippen LogP contribution in [0.2, 0.25) is 0 Å². The summed E-state index contributed by atoms with van der Waals surface area (Å²) in [6, 6.07) is 3.96. The van der Waals surface area contributed by atoms with Crippen LogP contribution in [0.3, 0.4) is 0 Å². The molecule has 0 saturated carbocycles. The molecule has 0 aliphatic carbocycles. The van der Waals surface area contributed by atoms with Crippen LogP contribution in [0.25, 0.3) is 5.57 Å². The molecule has 0 amide bonds. The highest BCUT2D eigenvalue weighted by atomic mass is 16.5. The van der Waals surface area contributed by atoms with Gasteiger partial charge in [0.15, 0.2) is 0 Å². The van der Waals surface area contributed by atoms with E-state index in [1.807, 2.05) is 12.1 Å². The molecule has 1 aromatic heterocycles. The average molecular weight is 176 g/mol. The van der Waals surface area contributed by atoms with E-state index in [9.17, 15) is 0 Å². The smallest absolute Gasteiger partial charge is 0.213 e. The lowest BCUT2D eigenvalue weighted by Gasteiger charge is -2.03. The number of ether oxygens (including phenoxy) is 1. The first-order chi connectivity index (χ1) is 6.40. The first-order valence-electron chi connectivity index (χ1n) is 4.30. The fourth-order valence-corrected chi connectivity index (χ4v) is 1.42. The first kappa shape index (κ1) is 8.26. The lowest BCUT2D eigenvalue weighted by molar-refractivity contribution is 0.398. The van der Waals surface area contributed by atoms with Crippen molar-refractivity contribution in [3.8, 4) is 5.88 Å². The normalized spacial score (nSPS) is 15.6. The fraction of sp³-hybridized carbons (Fsp3) is 0.300. The van der Waals surface area contributed by atoms with E-state index in [0.717, 1.165) is 13.1 Å². The van der Waals surface area contributed by atoms with E-state index in [4.69, 9.17) is 4.74 Å². The zero-order chi connectivity index (χ0) is 9.10. The van der Waals surface area contributed by atoms with E-state index < -0.39 is 0 Å². The third kappa shape index (κ3) is 1.70. The SMILES string of the molecule is COc1cc(C2=CCNC2)ccn1. The minimum Gasteiger partial charge on any atom is -0.481 e. The van der Waals surface area contributed by atoms with Gasteiger partial charge in [-0.2, -0.15) is 0 Å². The highest BCUT2D eigenvalue weighted by Crippen LogP contribution is 2.18. The number of aromatic nitrogens is 1. The molecule has 0 radical (unpaired) electrons. The van der Waals surface area contributed by atoms with E-state index in [0.29, 0.717) is 5.88 Å². The topological polar surface area (TPSA) is 34.1 Å². The van der Waals surface area contributed by atoms with Crippen LogP contribution in [0, 0.1) is 0 Å². The molecule has 3 nitrogen and oxygen atoms in total. The Labute approximate surface area is 77.4 Å². The first-order valence-corrected chi connectivity index (χ1v) is 4.30. The van der Waals surface area contributed by atoms with E-state index in [2.05, 4.69) is 16.4 Å². The van der Waals surface area contributed by atoms with Gasteiger partial charge in [-0.15, -0.1) is 0 Å². The Kier molecular flexibility index (Phi) is 2.27. The highest BCUT2D eigenvalue weighted by Gasteiger charge is 2.06. The Hall–Kier alpha value is -1.35. The molecule has 0 aromatic carbocycles. The number of hydrogen-bond acceptors (Lipinski definition) is 3. The van der Waals surface area contributed by atoms with Gasteiger partial charge in [-0.3, -0.25) is 0 Å². The number of hydrogen-bond donors (Lipinski definition) is 1. The lowest BCUT2D eigenvalue weighted by Crippen LogP contribution is -2.07. The maximum atomic E-state index is 5.06. The second kappa shape index (κ2) is 3.58. The Bertz CT molecular complexity index is 333. The van der Waals surface area contributed by atoms with E-state index >= 15 is 0 Å². The standard InChI is InChI=1S/C10H12N2O/c1-13-10-6-8(3-5-12-10)9-2-4-11-7-9/h2-3,5-6,11H,4,7H2,1H3. The van der Waals surface area contributed by atoms with Crippen LogP contribution in [-0.4, -0.2) is 25.2 Å². The van der Waals surface area contributed by atoms with Crippen molar-refractivity contribution in [1.82, 2.24) is 10.3 Å². The second-order valence-corrected chi connectivity index (χ2v) is 2.95. The Balaban J connectivity index is 2.29. The fourth-order valence-electron chi connectivity index (χ4n) is 1.42. The number of methoxy groups -OCH3 is 1. The summed E-state index contributed by atoms with van der Waals surface area (Å²) in [7, 11) is 1.63. The van der Waals surface area contributed by atoms with Crippen LogP contribution in [0.5, 0.6) is 5.88 Å². The van der Waals surface area contributed by atoms with Gasteiger partial charge in [0.05, 0.1) is 7.11 Å². The summed E-state index contributed by atoms with van der Waals surface area (Å²) in [5, 5.41) is 3.25. The zero-order valence-corrected chi connectivity index (χ0v) is 7.58. The van der Waals surface area contributed by atoms with Crippen molar-refractivity contribution < 1.29 is 4.74 Å². The Morgan fingerprint density at radius 2 is 2.46 bits per heavy atom. The van der Waals surface area contributed by atoms with Gasteiger partial charge in [0, 0.05) is 25.4 Å². The summed E-state index contributed by atoms with van der Waals surface area (Å²) < 4.78 is 5.06. The van der Waals surface area contributed by atoms with Gasteiger partial charge >= 0.3 is 0 Å². The van der Waals surface area contributed by atoms with Gasteiger partial charge in [-0.05, 0) is 17.2 Å². The molecule has 2 heterocycles. The quantitative estimate of drug-likeness (QED) is 0.732. The summed E-state index contributed by atoms with van der Waals surface area (Å²) in [6.45, 7) is 1.90. The molecule has 1 aromatic rings. The molecule has 0 atom stereocenters. The van der Waals surface area contributed by atoms with Gasteiger partial charge in [-0.1, -0.05) is 6.08 Å². The average Bonchev–Trinajstić information content (AvgIpc) is 2.71. The molecule has 0 fully saturated rings. The second-order valence-electron chi connectivity index (χ2n) is 2.95. The van der Waals surface area contributed by atoms with Gasteiger partial charge in [0.2, 0.25) is 5.88 Å². The molecule has 0 spiro atoms. The molecular weight excluding hydrogens is 164 g/mol. The molecule has 0 unspecified atom stereocenters. The largest absolute Gasteiger partial charge is 0.481 e. The van der Waals surface area contributed by atoms with Crippen molar-refractivity contribution in [1.29, 1.82) is 0 Å². The van der Waals surface area contributed by atoms with Crippen molar-refractivity contribution >= 4 is 5.57 Å². The molecule has 3 heteroatoms. The minimum atomic E-state index is 0.672. The highest BCUT2D eigenvalue weighted by molar-refractivity contribution is 5.69. The molecule has 1 aliphatic rings. The lowest BCUT2D eigenvalue weighted by atomic mass is 10.1. The van der Waals surface area contributed by atoms with Gasteiger partial charge < -0.3 is 10.1 Å². The predicted octanol–water partition coefficient (Wildman–Crippen LogP) is 1.08. The van der Waals surface area contributed by atoms with Gasteiger partial charge in [0.25, 0.3) is 0 Å². The third-order valence-corrected chi connectivity index (χ3v) is 2.12. The number of nitrogens with zero attached hydrogens (tertiary/aromatic N) is 1. The van der Waals surface area contributed by atoms with Gasteiger partial charge in [0.1, 0.15) is 0 Å². The summed E-state index contributed by atoms with van der Waals surface area (Å²) >= 11 is 0. The molecule has 1 aliphatic heterocycles. The van der Waals surface area contributed by atoms with Crippen molar-refractivity contribution in [2.45, 2.75) is 0 Å². The predicted molar refractivity (Wildman–Crippen MR) is 51.6 cm³/mol. The Morgan fingerprint density at radius 3 is 3.15 bits per heavy atom. The molecule has 13 heavy (non-hydrogen) atoms. The van der Waals surface area contributed by atoms with Crippen molar-refractivity contribution in [2.75, 3.05) is 20.2 Å². The number of nitrogens with one attached hydrogen (secondary N) is 1. The number of pyridine rings is 1. The zero-order valence-electron chi connectivity index (χ0n) is 7.58. The maximum absolute atomic E-state index is 5.06. The van der Waals surface area contributed by atoms with Gasteiger partial charge in [-0.25, -0.2) is 4.98 Å². The van der Waals surface area contributed by atoms with Crippen molar-refractivity contribution in [2.24, 2.45) is 0 Å². The van der Waals surface area contributed by atoms with E-state index in [1.54, 1.807) is 13.3 Å². The molecule has 0 bridgehead atoms. The van der Waals surface area contributed by atoms with Crippen molar-refractivity contribution in [3.05, 3.63) is 30.0 Å².